The fourth-order valence-corrected chi connectivity index (χ4v) is 3.60. The van der Waals surface area contributed by atoms with Gasteiger partial charge in [-0.2, -0.15) is 5.10 Å². The fourth-order valence-electron chi connectivity index (χ4n) is 1.79. The summed E-state index contributed by atoms with van der Waals surface area (Å²) in [6.07, 6.45) is 0. The van der Waals surface area contributed by atoms with E-state index in [1.807, 2.05) is 13.8 Å². The molecule has 0 saturated heterocycles. The second kappa shape index (κ2) is 5.38. The molecule has 0 aliphatic heterocycles. The zero-order valence-electron chi connectivity index (χ0n) is 11.4. The Balaban J connectivity index is 3.14. The third kappa shape index (κ3) is 2.90. The topological polar surface area (TPSA) is 84.2 Å². The molecule has 18 heavy (non-hydrogen) atoms. The van der Waals surface area contributed by atoms with Crippen molar-refractivity contribution < 1.29 is 13.5 Å². The van der Waals surface area contributed by atoms with Gasteiger partial charge in [0.15, 0.2) is 0 Å². The molecule has 1 atom stereocenters. The SMILES string of the molecule is Cc1nn(C)c(C)c1S(=O)(=O)N[C@H](CO)C(C)C. The summed E-state index contributed by atoms with van der Waals surface area (Å²) in [6.45, 7) is 6.84. The minimum atomic E-state index is -3.65. The second-order valence-electron chi connectivity index (χ2n) is 4.78. The molecule has 0 aliphatic rings. The quantitative estimate of drug-likeness (QED) is 0.811. The van der Waals surface area contributed by atoms with Crippen LogP contribution in [-0.2, 0) is 17.1 Å². The first-order chi connectivity index (χ1) is 8.20. The normalized spacial score (nSPS) is 14.2. The minimum absolute atomic E-state index is 0.0158. The van der Waals surface area contributed by atoms with Crippen molar-refractivity contribution >= 4 is 10.0 Å². The van der Waals surface area contributed by atoms with Gasteiger partial charge < -0.3 is 5.11 Å². The van der Waals surface area contributed by atoms with Crippen LogP contribution in [0.25, 0.3) is 0 Å². The van der Waals surface area contributed by atoms with Crippen molar-refractivity contribution in [3.05, 3.63) is 11.4 Å². The van der Waals surface area contributed by atoms with Crippen LogP contribution in [0.2, 0.25) is 0 Å². The summed E-state index contributed by atoms with van der Waals surface area (Å²) >= 11 is 0. The molecule has 7 heteroatoms. The van der Waals surface area contributed by atoms with E-state index in [1.165, 1.54) is 4.68 Å². The van der Waals surface area contributed by atoms with Gasteiger partial charge in [0.2, 0.25) is 10.0 Å². The van der Waals surface area contributed by atoms with Gasteiger partial charge in [0, 0.05) is 13.1 Å². The largest absolute Gasteiger partial charge is 0.395 e. The molecule has 0 spiro atoms. The van der Waals surface area contributed by atoms with Gasteiger partial charge in [0.05, 0.1) is 18.0 Å². The number of rotatable bonds is 5. The molecule has 1 aromatic rings. The van der Waals surface area contributed by atoms with E-state index < -0.39 is 16.1 Å². The first-order valence-corrected chi connectivity index (χ1v) is 7.32. The van der Waals surface area contributed by atoms with Crippen LogP contribution in [-0.4, -0.2) is 36.0 Å². The van der Waals surface area contributed by atoms with Crippen molar-refractivity contribution in [1.82, 2.24) is 14.5 Å². The zero-order chi connectivity index (χ0) is 14.1. The number of aliphatic hydroxyl groups is 1. The smallest absolute Gasteiger partial charge is 0.244 e. The molecule has 0 radical (unpaired) electrons. The molecule has 0 aliphatic carbocycles. The zero-order valence-corrected chi connectivity index (χ0v) is 12.2. The summed E-state index contributed by atoms with van der Waals surface area (Å²) in [5.41, 5.74) is 1.04. The Morgan fingerprint density at radius 2 is 1.94 bits per heavy atom. The molecule has 1 aromatic heterocycles. The Labute approximate surface area is 108 Å². The van der Waals surface area contributed by atoms with Crippen molar-refractivity contribution in [3.63, 3.8) is 0 Å². The lowest BCUT2D eigenvalue weighted by atomic mass is 10.1. The summed E-state index contributed by atoms with van der Waals surface area (Å²) in [5, 5.41) is 13.3. The first-order valence-electron chi connectivity index (χ1n) is 5.84. The standard InChI is InChI=1S/C11H21N3O3S/c1-7(2)10(6-15)13-18(16,17)11-8(3)12-14(5)9(11)4/h7,10,13,15H,6H2,1-5H3/t10-/m1/s1. The Bertz CT molecular complexity index is 520. The number of nitrogens with zero attached hydrogens (tertiary/aromatic N) is 2. The maximum atomic E-state index is 12.3. The van der Waals surface area contributed by atoms with Crippen LogP contribution in [0, 0.1) is 19.8 Å². The van der Waals surface area contributed by atoms with E-state index in [-0.39, 0.29) is 17.4 Å². The van der Waals surface area contributed by atoms with E-state index in [1.54, 1.807) is 20.9 Å². The van der Waals surface area contributed by atoms with Gasteiger partial charge in [-0.3, -0.25) is 4.68 Å². The number of nitrogens with one attached hydrogen (secondary N) is 1. The highest BCUT2D eigenvalue weighted by atomic mass is 32.2. The molecule has 104 valence electrons. The molecule has 0 unspecified atom stereocenters. The molecule has 0 fully saturated rings. The van der Waals surface area contributed by atoms with Crippen LogP contribution < -0.4 is 4.72 Å². The average Bonchev–Trinajstić information content (AvgIpc) is 2.49. The number of hydrogen-bond donors (Lipinski definition) is 2. The monoisotopic (exact) mass is 275 g/mol. The van der Waals surface area contributed by atoms with E-state index in [2.05, 4.69) is 9.82 Å². The molecule has 6 nitrogen and oxygen atoms in total. The van der Waals surface area contributed by atoms with Crippen LogP contribution in [0.15, 0.2) is 4.90 Å². The Hall–Kier alpha value is -0.920. The van der Waals surface area contributed by atoms with Crippen molar-refractivity contribution in [3.8, 4) is 0 Å². The van der Waals surface area contributed by atoms with Gasteiger partial charge in [0.25, 0.3) is 0 Å². The molecular weight excluding hydrogens is 254 g/mol. The van der Waals surface area contributed by atoms with Crippen molar-refractivity contribution in [2.75, 3.05) is 6.61 Å². The van der Waals surface area contributed by atoms with Gasteiger partial charge in [-0.05, 0) is 19.8 Å². The molecule has 2 N–H and O–H groups in total. The summed E-state index contributed by atoms with van der Waals surface area (Å²) in [7, 11) is -1.95. The van der Waals surface area contributed by atoms with Crippen molar-refractivity contribution in [2.24, 2.45) is 13.0 Å². The molecule has 1 heterocycles. The fraction of sp³-hybridized carbons (Fsp3) is 0.727. The Morgan fingerprint density at radius 3 is 2.28 bits per heavy atom. The lowest BCUT2D eigenvalue weighted by molar-refractivity contribution is 0.227. The molecule has 0 bridgehead atoms. The van der Waals surface area contributed by atoms with Gasteiger partial charge in [-0.25, -0.2) is 13.1 Å². The predicted octanol–water partition coefficient (Wildman–Crippen LogP) is 0.332. The second-order valence-corrected chi connectivity index (χ2v) is 6.43. The van der Waals surface area contributed by atoms with Crippen LogP contribution in [0.1, 0.15) is 25.2 Å². The minimum Gasteiger partial charge on any atom is -0.395 e. The Kier molecular flexibility index (Phi) is 4.52. The van der Waals surface area contributed by atoms with Crippen LogP contribution >= 0.6 is 0 Å². The molecular formula is C11H21N3O3S. The Morgan fingerprint density at radius 1 is 1.39 bits per heavy atom. The summed E-state index contributed by atoms with van der Waals surface area (Å²) in [5.74, 6) is 0.0158. The predicted molar refractivity (Wildman–Crippen MR) is 68.7 cm³/mol. The number of hydrogen-bond acceptors (Lipinski definition) is 4. The maximum Gasteiger partial charge on any atom is 0.244 e. The van der Waals surface area contributed by atoms with Gasteiger partial charge >= 0.3 is 0 Å². The number of aromatic nitrogens is 2. The number of aliphatic hydroxyl groups excluding tert-OH is 1. The van der Waals surface area contributed by atoms with E-state index in [0.717, 1.165) is 0 Å². The molecule has 0 saturated carbocycles. The van der Waals surface area contributed by atoms with E-state index >= 15 is 0 Å². The third-order valence-electron chi connectivity index (χ3n) is 3.02. The van der Waals surface area contributed by atoms with E-state index in [4.69, 9.17) is 0 Å². The third-order valence-corrected chi connectivity index (χ3v) is 4.76. The van der Waals surface area contributed by atoms with Crippen LogP contribution in [0.4, 0.5) is 0 Å². The van der Waals surface area contributed by atoms with Gasteiger partial charge in [-0.15, -0.1) is 0 Å². The van der Waals surface area contributed by atoms with Crippen molar-refractivity contribution in [1.29, 1.82) is 0 Å². The molecule has 0 aromatic carbocycles. The van der Waals surface area contributed by atoms with Crippen LogP contribution in [0.5, 0.6) is 0 Å². The highest BCUT2D eigenvalue weighted by Crippen LogP contribution is 2.19. The summed E-state index contributed by atoms with van der Waals surface area (Å²) in [6, 6.07) is -0.492. The number of aryl methyl sites for hydroxylation is 2. The highest BCUT2D eigenvalue weighted by Gasteiger charge is 2.27. The van der Waals surface area contributed by atoms with E-state index in [9.17, 15) is 13.5 Å². The van der Waals surface area contributed by atoms with Crippen molar-refractivity contribution in [2.45, 2.75) is 38.6 Å². The average molecular weight is 275 g/mol. The highest BCUT2D eigenvalue weighted by molar-refractivity contribution is 7.89. The molecule has 1 rings (SSSR count). The van der Waals surface area contributed by atoms with Crippen LogP contribution in [0.3, 0.4) is 0 Å². The maximum absolute atomic E-state index is 12.3. The summed E-state index contributed by atoms with van der Waals surface area (Å²) in [4.78, 5) is 0.198. The van der Waals surface area contributed by atoms with E-state index in [0.29, 0.717) is 11.4 Å². The lowest BCUT2D eigenvalue weighted by Gasteiger charge is -2.19. The van der Waals surface area contributed by atoms with Gasteiger partial charge in [-0.1, -0.05) is 13.8 Å². The van der Waals surface area contributed by atoms with Gasteiger partial charge in [0.1, 0.15) is 4.90 Å². The lowest BCUT2D eigenvalue weighted by Crippen LogP contribution is -2.41. The first kappa shape index (κ1) is 15.1. The molecule has 0 amide bonds. The number of sulfonamides is 1. The summed E-state index contributed by atoms with van der Waals surface area (Å²) < 4.78 is 28.6.